The van der Waals surface area contributed by atoms with Crippen LogP contribution < -0.4 is 21.1 Å². The minimum absolute atomic E-state index is 0.0537. The summed E-state index contributed by atoms with van der Waals surface area (Å²) in [4.78, 5) is 69.8. The first kappa shape index (κ1) is 43.4. The number of sulfonamides is 1. The van der Waals surface area contributed by atoms with Crippen LogP contribution in [0.3, 0.4) is 0 Å². The number of sulfone groups is 1. The molecule has 20 heteroatoms. The van der Waals surface area contributed by atoms with Crippen LogP contribution in [0.4, 0.5) is 5.69 Å². The highest BCUT2D eigenvalue weighted by Gasteiger charge is 2.51. The van der Waals surface area contributed by atoms with Crippen molar-refractivity contribution in [1.82, 2.24) is 30.5 Å². The topological polar surface area (TPSA) is 270 Å². The minimum atomic E-state index is -3.99. The Hall–Kier alpha value is -5.21. The summed E-state index contributed by atoms with van der Waals surface area (Å²) < 4.78 is 54.7. The molecule has 59 heavy (non-hydrogen) atoms. The zero-order valence-electron chi connectivity index (χ0n) is 32.9. The summed E-state index contributed by atoms with van der Waals surface area (Å²) >= 11 is 0. The Labute approximate surface area is 342 Å². The maximum absolute atomic E-state index is 14.9. The van der Waals surface area contributed by atoms with E-state index in [4.69, 9.17) is 5.73 Å². The second kappa shape index (κ2) is 17.2. The molecule has 1 saturated carbocycles. The van der Waals surface area contributed by atoms with Crippen molar-refractivity contribution in [2.45, 2.75) is 106 Å². The zero-order valence-corrected chi connectivity index (χ0v) is 34.5. The molecule has 6 N–H and O–H groups in total. The second-order valence-electron chi connectivity index (χ2n) is 16.2. The number of aromatic nitrogens is 3. The number of carbonyl (C=O) groups is 5. The molecule has 3 atom stereocenters. The smallest absolute Gasteiger partial charge is 0.287 e. The van der Waals surface area contributed by atoms with Crippen molar-refractivity contribution in [1.29, 1.82) is 0 Å². The van der Waals surface area contributed by atoms with Gasteiger partial charge in [-0.1, -0.05) is 55.5 Å². The Kier molecular flexibility index (Phi) is 12.6. The fraction of sp³-hybridized carbons (Fsp3) is 0.513. The van der Waals surface area contributed by atoms with E-state index < -0.39 is 103 Å². The van der Waals surface area contributed by atoms with E-state index >= 15 is 0 Å². The number of aliphatic hydroxyl groups is 1. The number of rotatable bonds is 14. The van der Waals surface area contributed by atoms with E-state index in [0.717, 1.165) is 32.1 Å². The summed E-state index contributed by atoms with van der Waals surface area (Å²) in [7, 11) is -7.56. The van der Waals surface area contributed by atoms with Gasteiger partial charge in [0.2, 0.25) is 17.6 Å². The highest BCUT2D eigenvalue weighted by molar-refractivity contribution is 7.92. The molecule has 0 spiro atoms. The molecule has 6 rings (SSSR count). The lowest BCUT2D eigenvalue weighted by Gasteiger charge is -2.37. The van der Waals surface area contributed by atoms with Crippen molar-refractivity contribution in [2.24, 2.45) is 11.7 Å². The molecule has 0 radical (unpaired) electrons. The van der Waals surface area contributed by atoms with Gasteiger partial charge in [-0.25, -0.2) is 21.5 Å². The van der Waals surface area contributed by atoms with E-state index in [1.54, 1.807) is 30.3 Å². The number of carbonyl (C=O) groups excluding carboxylic acids is 5. The predicted molar refractivity (Wildman–Crippen MR) is 214 cm³/mol. The summed E-state index contributed by atoms with van der Waals surface area (Å²) in [5.41, 5.74) is 2.76. The molecule has 3 fully saturated rings. The van der Waals surface area contributed by atoms with Crippen LogP contribution in [-0.2, 0) is 44.6 Å². The Morgan fingerprint density at radius 2 is 1.63 bits per heavy atom. The molecule has 2 aliphatic heterocycles. The van der Waals surface area contributed by atoms with Gasteiger partial charge < -0.3 is 26.4 Å². The molecule has 3 heterocycles. The normalized spacial score (nSPS) is 21.2. The summed E-state index contributed by atoms with van der Waals surface area (Å²) in [6.45, 7) is 2.92. The van der Waals surface area contributed by atoms with Gasteiger partial charge in [0.15, 0.2) is 9.84 Å². The second-order valence-corrected chi connectivity index (χ2v) is 20.2. The predicted octanol–water partition coefficient (Wildman–Crippen LogP) is 1.34. The van der Waals surface area contributed by atoms with Crippen LogP contribution >= 0.6 is 0 Å². The third kappa shape index (κ3) is 9.98. The van der Waals surface area contributed by atoms with E-state index in [0.29, 0.717) is 11.4 Å². The van der Waals surface area contributed by atoms with Crippen molar-refractivity contribution in [3.63, 3.8) is 0 Å². The third-order valence-corrected chi connectivity index (χ3v) is 14.5. The van der Waals surface area contributed by atoms with Gasteiger partial charge in [0.1, 0.15) is 23.2 Å². The van der Waals surface area contributed by atoms with Crippen LogP contribution in [0.25, 0.3) is 0 Å². The van der Waals surface area contributed by atoms with Crippen LogP contribution in [0.2, 0.25) is 0 Å². The van der Waals surface area contributed by atoms with Gasteiger partial charge in [0.05, 0.1) is 34.3 Å². The van der Waals surface area contributed by atoms with Gasteiger partial charge in [0, 0.05) is 24.2 Å². The molecule has 2 aromatic carbocycles. The van der Waals surface area contributed by atoms with E-state index in [-0.39, 0.29) is 35.8 Å². The number of ketones is 1. The lowest BCUT2D eigenvalue weighted by molar-refractivity contribution is -0.145. The Morgan fingerprint density at radius 1 is 0.983 bits per heavy atom. The number of primary amides is 1. The van der Waals surface area contributed by atoms with Crippen LogP contribution in [-0.4, -0.2) is 107 Å². The van der Waals surface area contributed by atoms with Gasteiger partial charge in [-0.2, -0.15) is 0 Å². The number of hydrogen-bond donors (Lipinski definition) is 5. The van der Waals surface area contributed by atoms with Crippen LogP contribution in [0.1, 0.15) is 93.7 Å². The van der Waals surface area contributed by atoms with Gasteiger partial charge in [-0.05, 0) is 75.4 Å². The monoisotopic (exact) mass is 854 g/mol. The fourth-order valence-corrected chi connectivity index (χ4v) is 10.8. The highest BCUT2D eigenvalue weighted by Crippen LogP contribution is 2.35. The minimum Gasteiger partial charge on any atom is -0.384 e. The lowest BCUT2D eigenvalue weighted by Crippen LogP contribution is -2.64. The van der Waals surface area contributed by atoms with Gasteiger partial charge >= 0.3 is 0 Å². The molecule has 3 aliphatic rings. The SMILES string of the molecule is CC(C)(O)c1cnnn1[C@H]1C[C@@H](C(=O)NC2(C(=O)C(N)=O)CCS(=O)(=O)CC2)N(C(=O)C(CC2CCCCC2)NC(=O)c2ccc(S(=O)(=O)Nc3ccccc3)cc2)C1. The molecule has 18 nitrogen and oxygen atoms in total. The molecule has 2 saturated heterocycles. The molecule has 1 aliphatic carbocycles. The molecule has 3 aromatic rings. The van der Waals surface area contributed by atoms with Crippen molar-refractivity contribution in [3.8, 4) is 0 Å². The average molecular weight is 855 g/mol. The first-order valence-electron chi connectivity index (χ1n) is 19.6. The van der Waals surface area contributed by atoms with E-state index in [1.807, 2.05) is 0 Å². The third-order valence-electron chi connectivity index (χ3n) is 11.5. The summed E-state index contributed by atoms with van der Waals surface area (Å²) in [5, 5.41) is 24.5. The number of nitrogens with zero attached hydrogens (tertiary/aromatic N) is 4. The standard InChI is InChI=1S/C39H50N8O10S2/c1-38(2,53)32-23-41-45-47(32)28-22-31(36(51)43-39(33(48)34(40)49)17-19-58(54,55)20-18-39)46(24-28)37(52)30(21-25-9-5-3-6-10-25)42-35(50)26-13-15-29(16-14-26)59(56,57)44-27-11-7-4-8-12-27/h4,7-8,11-16,23,25,28,30-31,44,53H,3,5-6,9-10,17-22,24H2,1-2H3,(H2,40,49)(H,42,50)(H,43,51)/t28-,30?,31-/m0/s1. The quantitative estimate of drug-likeness (QED) is 0.144. The number of nitrogens with one attached hydrogen (secondary N) is 3. The molecule has 0 bridgehead atoms. The number of nitrogens with two attached hydrogens (primary N) is 1. The highest BCUT2D eigenvalue weighted by atomic mass is 32.2. The summed E-state index contributed by atoms with van der Waals surface area (Å²) in [6, 6.07) is 10.3. The number of para-hydroxylation sites is 1. The van der Waals surface area contributed by atoms with Gasteiger partial charge in [-0.3, -0.25) is 28.7 Å². The molecular weight excluding hydrogens is 805 g/mol. The van der Waals surface area contributed by atoms with Crippen molar-refractivity contribution in [3.05, 3.63) is 72.1 Å². The van der Waals surface area contributed by atoms with E-state index in [2.05, 4.69) is 25.7 Å². The summed E-state index contributed by atoms with van der Waals surface area (Å²) in [5.74, 6) is -5.56. The lowest BCUT2D eigenvalue weighted by atomic mass is 9.84. The molecule has 4 amide bonds. The number of Topliss-reactive ketones (excluding diaryl/α,β-unsaturated/α-hetero) is 1. The van der Waals surface area contributed by atoms with Gasteiger partial charge in [-0.15, -0.1) is 5.10 Å². The number of likely N-dealkylation sites (tertiary alicyclic amines) is 1. The van der Waals surface area contributed by atoms with Crippen molar-refractivity contribution < 1.29 is 45.9 Å². The number of hydrogen-bond acceptors (Lipinski definition) is 12. The largest absolute Gasteiger partial charge is 0.384 e. The maximum Gasteiger partial charge on any atom is 0.287 e. The number of anilines is 1. The maximum atomic E-state index is 14.9. The molecule has 318 valence electrons. The van der Waals surface area contributed by atoms with Crippen LogP contribution in [0, 0.1) is 5.92 Å². The van der Waals surface area contributed by atoms with Gasteiger partial charge in [0.25, 0.3) is 21.8 Å². The molecule has 1 aromatic heterocycles. The van der Waals surface area contributed by atoms with E-state index in [1.165, 1.54) is 53.9 Å². The summed E-state index contributed by atoms with van der Waals surface area (Å²) in [6.07, 6.45) is 5.21. The molecular formula is C39H50N8O10S2. The van der Waals surface area contributed by atoms with Crippen LogP contribution in [0.5, 0.6) is 0 Å². The number of amides is 4. The Balaban J connectivity index is 1.30. The zero-order chi connectivity index (χ0) is 42.8. The average Bonchev–Trinajstić information content (AvgIpc) is 3.88. The van der Waals surface area contributed by atoms with E-state index in [9.17, 15) is 45.9 Å². The Morgan fingerprint density at radius 3 is 2.24 bits per heavy atom. The van der Waals surface area contributed by atoms with Crippen molar-refractivity contribution >= 4 is 55.0 Å². The van der Waals surface area contributed by atoms with Crippen LogP contribution in [0.15, 0.2) is 65.7 Å². The number of benzene rings is 2. The first-order valence-corrected chi connectivity index (χ1v) is 22.9. The van der Waals surface area contributed by atoms with Crippen molar-refractivity contribution in [2.75, 3.05) is 22.8 Å². The first-order chi connectivity index (χ1) is 27.8. The fourth-order valence-electron chi connectivity index (χ4n) is 8.21. The molecule has 1 unspecified atom stereocenters. The Bertz CT molecular complexity index is 2270.